The van der Waals surface area contributed by atoms with Crippen LogP contribution in [0.4, 0.5) is 10.6 Å². The molecule has 9 nitrogen and oxygen atoms in total. The summed E-state index contributed by atoms with van der Waals surface area (Å²) >= 11 is 0. The Morgan fingerprint density at radius 1 is 1.06 bits per heavy atom. The van der Waals surface area contributed by atoms with Crippen molar-refractivity contribution in [3.63, 3.8) is 0 Å². The summed E-state index contributed by atoms with van der Waals surface area (Å²) in [6.45, 7) is 0.490. The smallest absolute Gasteiger partial charge is 0.330 e. The second-order valence-corrected chi connectivity index (χ2v) is 8.46. The second kappa shape index (κ2) is 6.25. The fraction of sp³-hybridized carbons (Fsp3) is 0.261. The Bertz CT molecular complexity index is 1410. The third kappa shape index (κ3) is 2.20. The molecule has 1 spiro atoms. The maximum Gasteiger partial charge on any atom is 0.330 e. The lowest BCUT2D eigenvalue weighted by molar-refractivity contribution is -0.153. The Balaban J connectivity index is 1.69. The van der Waals surface area contributed by atoms with E-state index in [1.807, 2.05) is 29.2 Å². The van der Waals surface area contributed by atoms with Crippen molar-refractivity contribution in [3.8, 4) is 0 Å². The Labute approximate surface area is 182 Å². The van der Waals surface area contributed by atoms with Gasteiger partial charge in [0.15, 0.2) is 5.41 Å². The molecule has 3 aromatic rings. The highest BCUT2D eigenvalue weighted by molar-refractivity contribution is 6.20. The van der Waals surface area contributed by atoms with Gasteiger partial charge < -0.3 is 4.90 Å². The minimum absolute atomic E-state index is 0.135. The monoisotopic (exact) mass is 429 g/mol. The van der Waals surface area contributed by atoms with Crippen molar-refractivity contribution < 1.29 is 14.4 Å². The summed E-state index contributed by atoms with van der Waals surface area (Å²) in [6.07, 6.45) is 2.17. The van der Waals surface area contributed by atoms with E-state index in [0.29, 0.717) is 30.0 Å². The quantitative estimate of drug-likeness (QED) is 0.536. The van der Waals surface area contributed by atoms with Crippen molar-refractivity contribution in [2.24, 2.45) is 5.41 Å². The molecule has 0 saturated carbocycles. The number of imide groups is 2. The molecule has 6 rings (SSSR count). The van der Waals surface area contributed by atoms with E-state index in [-0.39, 0.29) is 12.0 Å². The summed E-state index contributed by atoms with van der Waals surface area (Å²) in [4.78, 5) is 60.4. The van der Waals surface area contributed by atoms with Crippen molar-refractivity contribution in [2.45, 2.75) is 18.9 Å². The van der Waals surface area contributed by atoms with Gasteiger partial charge in [-0.2, -0.15) is 0 Å². The lowest BCUT2D eigenvalue weighted by Gasteiger charge is -2.52. The Morgan fingerprint density at radius 2 is 1.84 bits per heavy atom. The van der Waals surface area contributed by atoms with Crippen LogP contribution in [-0.4, -0.2) is 45.7 Å². The zero-order chi connectivity index (χ0) is 22.2. The minimum Gasteiger partial charge on any atom is -0.347 e. The highest BCUT2D eigenvalue weighted by Gasteiger charge is 2.63. The van der Waals surface area contributed by atoms with Gasteiger partial charge >= 0.3 is 6.03 Å². The van der Waals surface area contributed by atoms with E-state index in [9.17, 15) is 19.2 Å². The predicted octanol–water partition coefficient (Wildman–Crippen LogP) is 1.05. The van der Waals surface area contributed by atoms with Gasteiger partial charge in [-0.05, 0) is 29.7 Å². The molecular formula is C23H19N5O4. The lowest BCUT2D eigenvalue weighted by atomic mass is 9.65. The van der Waals surface area contributed by atoms with Crippen LogP contribution in [0.25, 0.3) is 5.65 Å². The van der Waals surface area contributed by atoms with E-state index in [1.165, 1.54) is 11.4 Å². The number of barbiturate groups is 1. The van der Waals surface area contributed by atoms with Gasteiger partial charge in [0.05, 0.1) is 11.6 Å². The predicted molar refractivity (Wildman–Crippen MR) is 114 cm³/mol. The molecule has 0 bridgehead atoms. The van der Waals surface area contributed by atoms with Gasteiger partial charge in [-0.25, -0.2) is 9.78 Å². The van der Waals surface area contributed by atoms with Gasteiger partial charge in [-0.1, -0.05) is 30.3 Å². The molecule has 1 saturated heterocycles. The number of hydrogen-bond acceptors (Lipinski definition) is 6. The molecule has 2 atom stereocenters. The third-order valence-corrected chi connectivity index (χ3v) is 6.90. The van der Waals surface area contributed by atoms with Crippen molar-refractivity contribution in [2.75, 3.05) is 18.5 Å². The first-order valence-corrected chi connectivity index (χ1v) is 10.4. The first kappa shape index (κ1) is 18.7. The van der Waals surface area contributed by atoms with E-state index in [1.54, 1.807) is 24.4 Å². The SMILES string of the molecule is CN1C(=O)NC(=O)[C@@]2(Cc3c(nc4ccccn4c3=O)N3CCc4ccccc4[C@H]32)C1=O. The van der Waals surface area contributed by atoms with Crippen LogP contribution < -0.4 is 15.8 Å². The summed E-state index contributed by atoms with van der Waals surface area (Å²) in [5.74, 6) is -0.798. The van der Waals surface area contributed by atoms with Crippen molar-refractivity contribution >= 4 is 29.3 Å². The molecule has 2 aromatic heterocycles. The first-order valence-electron chi connectivity index (χ1n) is 10.4. The maximum atomic E-state index is 13.7. The van der Waals surface area contributed by atoms with Crippen LogP contribution in [0.3, 0.4) is 0 Å². The standard InChI is InChI=1S/C23H19N5O4/c1-26-21(31)23(20(30)25-22(26)32)12-15-18(24-16-8-4-5-10-27(16)19(15)29)28-11-9-13-6-2-3-7-14(13)17(23)28/h2-8,10,17H,9,11-12H2,1H3,(H,25,30,32)/t17-,23-/m0/s1. The number of hydrogen-bond donors (Lipinski definition) is 1. The molecule has 1 aromatic carbocycles. The van der Waals surface area contributed by atoms with Crippen molar-refractivity contribution in [1.29, 1.82) is 0 Å². The highest BCUT2D eigenvalue weighted by Crippen LogP contribution is 2.52. The van der Waals surface area contributed by atoms with Gasteiger partial charge in [0, 0.05) is 26.2 Å². The van der Waals surface area contributed by atoms with Crippen molar-refractivity contribution in [3.05, 3.63) is 75.7 Å². The summed E-state index contributed by atoms with van der Waals surface area (Å²) < 4.78 is 1.42. The summed E-state index contributed by atoms with van der Waals surface area (Å²) in [7, 11) is 1.35. The normalized spacial score (nSPS) is 24.3. The number of rotatable bonds is 0. The fourth-order valence-electron chi connectivity index (χ4n) is 5.39. The number of nitrogens with one attached hydrogen (secondary N) is 1. The number of aromatic nitrogens is 2. The molecule has 32 heavy (non-hydrogen) atoms. The molecule has 1 N–H and O–H groups in total. The van der Waals surface area contributed by atoms with E-state index in [2.05, 4.69) is 5.32 Å². The molecule has 9 heteroatoms. The van der Waals surface area contributed by atoms with Gasteiger partial charge in [0.1, 0.15) is 11.5 Å². The van der Waals surface area contributed by atoms with Crippen molar-refractivity contribution in [1.82, 2.24) is 19.6 Å². The summed E-state index contributed by atoms with van der Waals surface area (Å²) in [5, 5.41) is 2.34. The van der Waals surface area contributed by atoms with E-state index < -0.39 is 29.3 Å². The van der Waals surface area contributed by atoms with Gasteiger partial charge in [0.2, 0.25) is 11.8 Å². The average molecular weight is 429 g/mol. The molecule has 0 unspecified atom stereocenters. The highest BCUT2D eigenvalue weighted by atomic mass is 16.2. The summed E-state index contributed by atoms with van der Waals surface area (Å²) in [6, 6.07) is 11.5. The van der Waals surface area contributed by atoms with Gasteiger partial charge in [-0.3, -0.25) is 29.0 Å². The number of fused-ring (bicyclic) bond motifs is 7. The van der Waals surface area contributed by atoms with Crippen LogP contribution in [0, 0.1) is 5.41 Å². The molecule has 5 heterocycles. The van der Waals surface area contributed by atoms with E-state index in [4.69, 9.17) is 4.98 Å². The second-order valence-electron chi connectivity index (χ2n) is 8.46. The zero-order valence-electron chi connectivity index (χ0n) is 17.2. The van der Waals surface area contributed by atoms with Crippen LogP contribution in [0.2, 0.25) is 0 Å². The number of carbonyl (C=O) groups excluding carboxylic acids is 3. The maximum absolute atomic E-state index is 13.7. The molecule has 0 radical (unpaired) electrons. The number of amides is 4. The van der Waals surface area contributed by atoms with Crippen LogP contribution in [0.15, 0.2) is 53.5 Å². The van der Waals surface area contributed by atoms with Gasteiger partial charge in [0.25, 0.3) is 5.56 Å². The summed E-state index contributed by atoms with van der Waals surface area (Å²) in [5.41, 5.74) is 0.699. The molecule has 1 fully saturated rings. The van der Waals surface area contributed by atoms with E-state index in [0.717, 1.165) is 16.0 Å². The minimum atomic E-state index is -1.66. The number of benzene rings is 1. The first-order chi connectivity index (χ1) is 15.4. The lowest BCUT2D eigenvalue weighted by Crippen LogP contribution is -2.69. The van der Waals surface area contributed by atoms with E-state index >= 15 is 0 Å². The number of pyridine rings is 1. The molecule has 4 amide bonds. The van der Waals surface area contributed by atoms with Crippen LogP contribution in [0.1, 0.15) is 22.7 Å². The number of nitrogens with zero attached hydrogens (tertiary/aromatic N) is 4. The molecule has 160 valence electrons. The fourth-order valence-corrected chi connectivity index (χ4v) is 5.39. The van der Waals surface area contributed by atoms with Crippen LogP contribution >= 0.6 is 0 Å². The largest absolute Gasteiger partial charge is 0.347 e. The van der Waals surface area contributed by atoms with Crippen LogP contribution in [0.5, 0.6) is 0 Å². The third-order valence-electron chi connectivity index (χ3n) is 6.90. The Kier molecular flexibility index (Phi) is 3.66. The Morgan fingerprint density at radius 3 is 2.69 bits per heavy atom. The molecular weight excluding hydrogens is 410 g/mol. The number of anilines is 1. The molecule has 0 aliphatic carbocycles. The average Bonchev–Trinajstić information content (AvgIpc) is 2.81. The molecule has 3 aliphatic rings. The number of carbonyl (C=O) groups is 3. The zero-order valence-corrected chi connectivity index (χ0v) is 17.2. The number of urea groups is 1. The topological polar surface area (TPSA) is 104 Å². The van der Waals surface area contributed by atoms with Gasteiger partial charge in [-0.15, -0.1) is 0 Å². The van der Waals surface area contributed by atoms with Crippen LogP contribution in [-0.2, 0) is 22.4 Å². The Hall–Kier alpha value is -4.01. The molecule has 3 aliphatic heterocycles.